The third-order valence-electron chi connectivity index (χ3n) is 4.54. The van der Waals surface area contributed by atoms with Crippen LogP contribution in [0.1, 0.15) is 11.3 Å². The number of ether oxygens (including phenoxy) is 3. The van der Waals surface area contributed by atoms with Crippen molar-refractivity contribution in [1.82, 2.24) is 4.90 Å². The number of hydrogen-bond acceptors (Lipinski definition) is 6. The normalized spacial score (nSPS) is 12.0. The van der Waals surface area contributed by atoms with Crippen molar-refractivity contribution in [1.29, 1.82) is 0 Å². The Morgan fingerprint density at radius 2 is 1.77 bits per heavy atom. The second-order valence-electron chi connectivity index (χ2n) is 6.86. The predicted octanol–water partition coefficient (Wildman–Crippen LogP) is 3.88. The van der Waals surface area contributed by atoms with Gasteiger partial charge in [-0.15, -0.1) is 0 Å². The summed E-state index contributed by atoms with van der Waals surface area (Å²) in [7, 11) is 3.19. The Kier molecular flexibility index (Phi) is 7.70. The molecule has 0 aliphatic heterocycles. The van der Waals surface area contributed by atoms with Crippen molar-refractivity contribution in [2.75, 3.05) is 27.4 Å². The lowest BCUT2D eigenvalue weighted by Gasteiger charge is -2.25. The van der Waals surface area contributed by atoms with Crippen LogP contribution in [0.25, 0.3) is 0 Å². The molecule has 1 heterocycles. The van der Waals surface area contributed by atoms with Crippen molar-refractivity contribution in [3.8, 4) is 17.2 Å². The summed E-state index contributed by atoms with van der Waals surface area (Å²) in [5.41, 5.74) is 1.01. The van der Waals surface area contributed by atoms with Crippen molar-refractivity contribution in [3.63, 3.8) is 0 Å². The first-order valence-corrected chi connectivity index (χ1v) is 9.59. The van der Waals surface area contributed by atoms with Gasteiger partial charge >= 0.3 is 0 Å². The van der Waals surface area contributed by atoms with Crippen molar-refractivity contribution >= 4 is 0 Å². The van der Waals surface area contributed by atoms with Gasteiger partial charge in [0.15, 0.2) is 11.5 Å². The summed E-state index contributed by atoms with van der Waals surface area (Å²) < 4.78 is 34.7. The molecular formula is C23H26FNO5. The predicted molar refractivity (Wildman–Crippen MR) is 110 cm³/mol. The van der Waals surface area contributed by atoms with E-state index in [-0.39, 0.29) is 12.4 Å². The Hall–Kier alpha value is -3.03. The fraction of sp³-hybridized carbons (Fsp3) is 0.304. The molecule has 1 N–H and O–H groups in total. The third kappa shape index (κ3) is 6.23. The van der Waals surface area contributed by atoms with Crippen LogP contribution in [0.4, 0.5) is 4.39 Å². The molecule has 0 aliphatic rings. The van der Waals surface area contributed by atoms with E-state index in [2.05, 4.69) is 4.90 Å². The SMILES string of the molecule is COc1ccc(CN(Cc2ccco2)CC(O)COc2ccc(F)cc2)cc1OC. The van der Waals surface area contributed by atoms with Gasteiger partial charge < -0.3 is 23.7 Å². The zero-order valence-corrected chi connectivity index (χ0v) is 17.1. The molecule has 0 aliphatic carbocycles. The minimum Gasteiger partial charge on any atom is -0.493 e. The van der Waals surface area contributed by atoms with E-state index in [9.17, 15) is 9.50 Å². The maximum atomic E-state index is 13.0. The average molecular weight is 415 g/mol. The standard InChI is InChI=1S/C23H26FNO5/c1-27-22-10-5-17(12-23(22)28-2)13-25(15-21-4-3-11-29-21)14-19(26)16-30-20-8-6-18(24)7-9-20/h3-12,19,26H,13-16H2,1-2H3. The first-order valence-electron chi connectivity index (χ1n) is 9.59. The summed E-state index contributed by atoms with van der Waals surface area (Å²) in [6.07, 6.45) is 0.878. The summed E-state index contributed by atoms with van der Waals surface area (Å²) in [6.45, 7) is 1.53. The molecule has 1 atom stereocenters. The van der Waals surface area contributed by atoms with E-state index in [1.165, 1.54) is 24.3 Å². The topological polar surface area (TPSA) is 64.3 Å². The molecule has 7 heteroatoms. The molecule has 0 bridgehead atoms. The highest BCUT2D eigenvalue weighted by Gasteiger charge is 2.16. The molecule has 0 saturated carbocycles. The first-order chi connectivity index (χ1) is 14.6. The molecule has 3 aromatic rings. The number of aliphatic hydroxyl groups is 1. The van der Waals surface area contributed by atoms with Crippen LogP contribution in [-0.2, 0) is 13.1 Å². The highest BCUT2D eigenvalue weighted by molar-refractivity contribution is 5.42. The summed E-state index contributed by atoms with van der Waals surface area (Å²) in [6, 6.07) is 15.2. The largest absolute Gasteiger partial charge is 0.493 e. The van der Waals surface area contributed by atoms with Gasteiger partial charge in [-0.25, -0.2) is 4.39 Å². The van der Waals surface area contributed by atoms with Crippen LogP contribution in [0.15, 0.2) is 65.3 Å². The average Bonchev–Trinajstić information content (AvgIpc) is 3.26. The summed E-state index contributed by atoms with van der Waals surface area (Å²) in [5, 5.41) is 10.5. The number of rotatable bonds is 11. The van der Waals surface area contributed by atoms with Gasteiger partial charge in [0.1, 0.15) is 30.0 Å². The highest BCUT2D eigenvalue weighted by atomic mass is 19.1. The van der Waals surface area contributed by atoms with Crippen LogP contribution >= 0.6 is 0 Å². The van der Waals surface area contributed by atoms with Crippen LogP contribution < -0.4 is 14.2 Å². The Morgan fingerprint density at radius 1 is 1.00 bits per heavy atom. The van der Waals surface area contributed by atoms with Gasteiger partial charge in [0.2, 0.25) is 0 Å². The van der Waals surface area contributed by atoms with Crippen LogP contribution in [0.5, 0.6) is 17.2 Å². The zero-order valence-electron chi connectivity index (χ0n) is 17.1. The van der Waals surface area contributed by atoms with E-state index in [1.807, 2.05) is 30.3 Å². The van der Waals surface area contributed by atoms with Crippen molar-refractivity contribution in [3.05, 3.63) is 78.0 Å². The van der Waals surface area contributed by atoms with E-state index >= 15 is 0 Å². The van der Waals surface area contributed by atoms with Crippen LogP contribution in [-0.4, -0.2) is 43.5 Å². The molecule has 0 radical (unpaired) electrons. The maximum absolute atomic E-state index is 13.0. The first kappa shape index (κ1) is 21.7. The van der Waals surface area contributed by atoms with Crippen molar-refractivity contribution < 1.29 is 28.1 Å². The fourth-order valence-corrected chi connectivity index (χ4v) is 3.12. The summed E-state index contributed by atoms with van der Waals surface area (Å²) in [5.74, 6) is 2.28. The van der Waals surface area contributed by atoms with Gasteiger partial charge in [-0.2, -0.15) is 0 Å². The smallest absolute Gasteiger partial charge is 0.161 e. The van der Waals surface area contributed by atoms with Gasteiger partial charge in [0.25, 0.3) is 0 Å². The molecule has 0 amide bonds. The van der Waals surface area contributed by atoms with E-state index in [1.54, 1.807) is 20.5 Å². The minimum atomic E-state index is -0.745. The lowest BCUT2D eigenvalue weighted by Crippen LogP contribution is -2.35. The molecule has 3 rings (SSSR count). The van der Waals surface area contributed by atoms with Crippen LogP contribution in [0.3, 0.4) is 0 Å². The Labute approximate surface area is 175 Å². The van der Waals surface area contributed by atoms with E-state index < -0.39 is 6.10 Å². The molecule has 6 nitrogen and oxygen atoms in total. The summed E-state index contributed by atoms with van der Waals surface area (Å²) in [4.78, 5) is 2.05. The number of methoxy groups -OCH3 is 2. The second kappa shape index (κ2) is 10.7. The zero-order chi connectivity index (χ0) is 21.3. The Balaban J connectivity index is 1.65. The molecule has 30 heavy (non-hydrogen) atoms. The molecule has 2 aromatic carbocycles. The Bertz CT molecular complexity index is 898. The highest BCUT2D eigenvalue weighted by Crippen LogP contribution is 2.28. The molecule has 0 spiro atoms. The number of aliphatic hydroxyl groups excluding tert-OH is 1. The second-order valence-corrected chi connectivity index (χ2v) is 6.86. The van der Waals surface area contributed by atoms with Gasteiger partial charge in [-0.1, -0.05) is 6.07 Å². The van der Waals surface area contributed by atoms with Crippen LogP contribution in [0, 0.1) is 5.82 Å². The Morgan fingerprint density at radius 3 is 2.43 bits per heavy atom. The number of hydrogen-bond donors (Lipinski definition) is 1. The number of nitrogens with zero attached hydrogens (tertiary/aromatic N) is 1. The van der Waals surface area contributed by atoms with Gasteiger partial charge in [-0.3, -0.25) is 4.90 Å². The molecular weight excluding hydrogens is 389 g/mol. The van der Waals surface area contributed by atoms with Crippen molar-refractivity contribution in [2.24, 2.45) is 0 Å². The number of furan rings is 1. The van der Waals surface area contributed by atoms with E-state index in [4.69, 9.17) is 18.6 Å². The molecule has 160 valence electrons. The fourth-order valence-electron chi connectivity index (χ4n) is 3.12. The number of benzene rings is 2. The van der Waals surface area contributed by atoms with Gasteiger partial charge in [-0.05, 0) is 54.1 Å². The quantitative estimate of drug-likeness (QED) is 0.513. The van der Waals surface area contributed by atoms with Gasteiger partial charge in [0.05, 0.1) is 27.0 Å². The van der Waals surface area contributed by atoms with Crippen molar-refractivity contribution in [2.45, 2.75) is 19.2 Å². The maximum Gasteiger partial charge on any atom is 0.161 e. The molecule has 0 fully saturated rings. The van der Waals surface area contributed by atoms with Crippen LogP contribution in [0.2, 0.25) is 0 Å². The molecule has 1 unspecified atom stereocenters. The lowest BCUT2D eigenvalue weighted by molar-refractivity contribution is 0.0604. The van der Waals surface area contributed by atoms with Gasteiger partial charge in [0, 0.05) is 13.1 Å². The molecule has 0 saturated heterocycles. The number of halogens is 1. The third-order valence-corrected chi connectivity index (χ3v) is 4.54. The minimum absolute atomic E-state index is 0.0895. The molecule has 1 aromatic heterocycles. The van der Waals surface area contributed by atoms with E-state index in [0.717, 1.165) is 11.3 Å². The summed E-state index contributed by atoms with van der Waals surface area (Å²) >= 11 is 0. The van der Waals surface area contributed by atoms with E-state index in [0.29, 0.717) is 36.9 Å². The lowest BCUT2D eigenvalue weighted by atomic mass is 10.1. The monoisotopic (exact) mass is 415 g/mol.